The number of fused-ring (bicyclic) bond motifs is 2. The van der Waals surface area contributed by atoms with E-state index in [-0.39, 0.29) is 61.0 Å². The van der Waals surface area contributed by atoms with E-state index < -0.39 is 72.5 Å². The molecule has 8 aliphatic rings. The number of carbonyl (C=O) groups excluding carboxylic acids is 1. The zero-order valence-corrected chi connectivity index (χ0v) is 42.0. The van der Waals surface area contributed by atoms with Gasteiger partial charge in [-0.1, -0.05) is 75.7 Å². The molecule has 2 bridgehead atoms. The number of ether oxygens (including phenoxy) is 10. The Labute approximate surface area is 403 Å². The second-order valence-corrected chi connectivity index (χ2v) is 20.9. The predicted octanol–water partition coefficient (Wildman–Crippen LogP) is 7.33. The number of esters is 1. The Balaban J connectivity index is 1.04. The van der Waals surface area contributed by atoms with Gasteiger partial charge in [-0.25, -0.2) is 0 Å². The molecule has 2 N–H and O–H groups in total. The molecule has 6 aliphatic heterocycles. The number of allylic oxidation sites excluding steroid dienone is 2. The maximum absolute atomic E-state index is 14.4. The van der Waals surface area contributed by atoms with Crippen LogP contribution in [0.3, 0.4) is 0 Å². The van der Waals surface area contributed by atoms with Crippen molar-refractivity contribution in [1.82, 2.24) is 0 Å². The highest BCUT2D eigenvalue weighted by molar-refractivity contribution is 5.85. The lowest BCUT2D eigenvalue weighted by Crippen LogP contribution is -2.58. The lowest BCUT2D eigenvalue weighted by atomic mass is 9.71. The van der Waals surface area contributed by atoms with Crippen LogP contribution in [0.2, 0.25) is 0 Å². The molecule has 0 aromatic rings. The average Bonchev–Trinajstić information content (AvgIpc) is 3.97. The van der Waals surface area contributed by atoms with Gasteiger partial charge in [0.1, 0.15) is 42.0 Å². The molecule has 380 valence electrons. The van der Waals surface area contributed by atoms with Gasteiger partial charge >= 0.3 is 5.97 Å². The van der Waals surface area contributed by atoms with Crippen molar-refractivity contribution in [2.45, 2.75) is 217 Å². The molecule has 15 nitrogen and oxygen atoms in total. The summed E-state index contributed by atoms with van der Waals surface area (Å²) in [6.45, 7) is 16.3. The van der Waals surface area contributed by atoms with E-state index in [0.29, 0.717) is 43.3 Å². The number of carbonyl (C=O) groups is 1. The van der Waals surface area contributed by atoms with Gasteiger partial charge in [0, 0.05) is 51.7 Å². The largest absolute Gasteiger partial charge is 0.462 e. The smallest absolute Gasteiger partial charge is 0.316 e. The van der Waals surface area contributed by atoms with Gasteiger partial charge in [0.2, 0.25) is 0 Å². The molecule has 4 saturated heterocycles. The number of rotatable bonds is 10. The molecule has 1 saturated carbocycles. The number of nitrogens with zero attached hydrogens (tertiary/aromatic N) is 1. The standard InChI is InChI=1S/C53H79NO14/c1-11-29(2)47-32(5)21-22-52(67-47)27-39-24-38(66-52)20-19-31(4)46(30(3)15-14-16-36-28-60-50-45(55)33(6)23-40(51(56)63-39)53(36,50)57)64-43-25-41(58-9)48(34(7)61-43)65-44-26-42(59-10)49(35(8)62-44)68-54-37-17-12-13-18-37/h14-16,19,21-23,29-30,32,34-35,38-50,55,57H,11-13,17-18,20,24-28H2,1-10H3/t29?,30-,32-,34-,35-,38+,39-,40-,41-,42-,43-,44-,45+,46-,47+,48-,49-,50+,52+,53+/m0/s1. The third-order valence-electron chi connectivity index (χ3n) is 16.0. The summed E-state index contributed by atoms with van der Waals surface area (Å²) in [7, 11) is 3.36. The molecule has 0 aromatic carbocycles. The molecular weight excluding hydrogens is 875 g/mol. The molecule has 8 rings (SSSR count). The van der Waals surface area contributed by atoms with E-state index in [2.05, 4.69) is 51.9 Å². The van der Waals surface area contributed by atoms with Crippen molar-refractivity contribution in [2.75, 3.05) is 20.8 Å². The Morgan fingerprint density at radius 3 is 2.28 bits per heavy atom. The normalized spacial score (nSPS) is 44.9. The van der Waals surface area contributed by atoms with E-state index >= 15 is 0 Å². The van der Waals surface area contributed by atoms with Crippen molar-refractivity contribution in [3.05, 3.63) is 59.3 Å². The lowest BCUT2D eigenvalue weighted by molar-refractivity contribution is -0.321. The van der Waals surface area contributed by atoms with Crippen LogP contribution >= 0.6 is 0 Å². The number of hydrogen-bond acceptors (Lipinski definition) is 15. The van der Waals surface area contributed by atoms with E-state index in [1.54, 1.807) is 33.3 Å². The van der Waals surface area contributed by atoms with Crippen molar-refractivity contribution in [2.24, 2.45) is 28.8 Å². The van der Waals surface area contributed by atoms with Crippen molar-refractivity contribution >= 4 is 11.7 Å². The van der Waals surface area contributed by atoms with Crippen molar-refractivity contribution in [1.29, 1.82) is 0 Å². The Morgan fingerprint density at radius 1 is 0.882 bits per heavy atom. The van der Waals surface area contributed by atoms with E-state index in [1.807, 2.05) is 32.1 Å². The highest BCUT2D eigenvalue weighted by Crippen LogP contribution is 2.47. The minimum Gasteiger partial charge on any atom is -0.462 e. The van der Waals surface area contributed by atoms with Crippen LogP contribution in [-0.4, -0.2) is 140 Å². The monoisotopic (exact) mass is 954 g/mol. The summed E-state index contributed by atoms with van der Waals surface area (Å²) in [5.41, 5.74) is 1.24. The van der Waals surface area contributed by atoms with Gasteiger partial charge < -0.3 is 62.4 Å². The molecular formula is C53H79NO14. The van der Waals surface area contributed by atoms with Crippen LogP contribution in [0.5, 0.6) is 0 Å². The number of aliphatic hydroxyl groups is 2. The number of hydrogen-bond donors (Lipinski definition) is 2. The van der Waals surface area contributed by atoms with Gasteiger partial charge in [-0.15, -0.1) is 0 Å². The van der Waals surface area contributed by atoms with Gasteiger partial charge in [-0.2, -0.15) is 0 Å². The van der Waals surface area contributed by atoms with Crippen molar-refractivity contribution < 1.29 is 67.2 Å². The van der Waals surface area contributed by atoms with Crippen LogP contribution < -0.4 is 0 Å². The molecule has 0 aromatic heterocycles. The number of aliphatic hydroxyl groups excluding tert-OH is 1. The predicted molar refractivity (Wildman–Crippen MR) is 252 cm³/mol. The molecule has 0 amide bonds. The van der Waals surface area contributed by atoms with Crippen LogP contribution in [0.15, 0.2) is 64.4 Å². The fourth-order valence-corrected chi connectivity index (χ4v) is 11.7. The molecule has 5 fully saturated rings. The van der Waals surface area contributed by atoms with E-state index in [4.69, 9.17) is 52.2 Å². The van der Waals surface area contributed by atoms with Crippen molar-refractivity contribution in [3.8, 4) is 0 Å². The summed E-state index contributed by atoms with van der Waals surface area (Å²) in [6.07, 6.45) is 13.7. The number of oxime groups is 1. The highest BCUT2D eigenvalue weighted by Gasteiger charge is 2.60. The molecule has 20 atom stereocenters. The SMILES string of the molecule is CCC(C)[C@H]1O[C@]2(C=C[C@@H]1C)C[C@@H]1C[C@@H](CC=C(C)[C@@H](O[C@H]3C[C@H](OC)[C@@H](O[C@H]4C[C@H](OC)[C@@H](ON=C5CCCC5)[C@H](C)O4)[C@H](C)O3)[C@@H](C)C=CC=C3CO[C@@H]4[C@H](O)C(C)=C[C@@H](C(=O)O1)[C@]34O)O2. The van der Waals surface area contributed by atoms with Crippen LogP contribution in [0.4, 0.5) is 0 Å². The third kappa shape index (κ3) is 10.8. The maximum atomic E-state index is 14.4. The van der Waals surface area contributed by atoms with Crippen LogP contribution in [0.1, 0.15) is 120 Å². The third-order valence-corrected chi connectivity index (χ3v) is 16.0. The Kier molecular flexibility index (Phi) is 16.6. The first-order valence-electron chi connectivity index (χ1n) is 25.5. The fraction of sp³-hybridized carbons (Fsp3) is 0.774. The molecule has 68 heavy (non-hydrogen) atoms. The summed E-state index contributed by atoms with van der Waals surface area (Å²) in [5.74, 6) is -2.56. The summed E-state index contributed by atoms with van der Waals surface area (Å²) < 4.78 is 65.0. The van der Waals surface area contributed by atoms with E-state index in [9.17, 15) is 15.0 Å². The van der Waals surface area contributed by atoms with Gasteiger partial charge in [-0.05, 0) is 88.5 Å². The number of methoxy groups -OCH3 is 2. The van der Waals surface area contributed by atoms with Gasteiger partial charge in [0.05, 0.1) is 48.9 Å². The highest BCUT2D eigenvalue weighted by atomic mass is 16.7. The van der Waals surface area contributed by atoms with Gasteiger partial charge in [0.25, 0.3) is 0 Å². The Hall–Kier alpha value is -2.80. The first kappa shape index (κ1) is 51.6. The first-order chi connectivity index (χ1) is 32.6. The second-order valence-electron chi connectivity index (χ2n) is 20.9. The lowest BCUT2D eigenvalue weighted by Gasteiger charge is -2.48. The quantitative estimate of drug-likeness (QED) is 0.127. The Morgan fingerprint density at radius 2 is 1.57 bits per heavy atom. The van der Waals surface area contributed by atoms with Crippen LogP contribution in [-0.2, 0) is 57.0 Å². The van der Waals surface area contributed by atoms with Crippen LogP contribution in [0, 0.1) is 23.7 Å². The molecule has 6 heterocycles. The van der Waals surface area contributed by atoms with E-state index in [0.717, 1.165) is 43.4 Å². The molecule has 2 aliphatic carbocycles. The second kappa shape index (κ2) is 21.9. The molecule has 1 unspecified atom stereocenters. The van der Waals surface area contributed by atoms with Gasteiger partial charge in [-0.3, -0.25) is 4.79 Å². The Bertz CT molecular complexity index is 1940. The van der Waals surface area contributed by atoms with Crippen LogP contribution in [0.25, 0.3) is 0 Å². The topological polar surface area (TPSA) is 171 Å². The zero-order valence-electron chi connectivity index (χ0n) is 42.0. The molecule has 0 radical (unpaired) electrons. The maximum Gasteiger partial charge on any atom is 0.316 e. The minimum atomic E-state index is -1.84. The summed E-state index contributed by atoms with van der Waals surface area (Å²) in [4.78, 5) is 20.4. The average molecular weight is 954 g/mol. The summed E-state index contributed by atoms with van der Waals surface area (Å²) in [6, 6.07) is 0. The molecule has 1 spiro atoms. The van der Waals surface area contributed by atoms with Gasteiger partial charge in [0.15, 0.2) is 24.5 Å². The fourth-order valence-electron chi connectivity index (χ4n) is 11.7. The molecule has 15 heteroatoms. The summed E-state index contributed by atoms with van der Waals surface area (Å²) >= 11 is 0. The first-order valence-corrected chi connectivity index (χ1v) is 25.5. The summed E-state index contributed by atoms with van der Waals surface area (Å²) in [5, 5.41) is 28.3. The zero-order chi connectivity index (χ0) is 48.5. The van der Waals surface area contributed by atoms with E-state index in [1.165, 1.54) is 0 Å². The van der Waals surface area contributed by atoms with Crippen molar-refractivity contribution in [3.63, 3.8) is 0 Å². The minimum absolute atomic E-state index is 0.0348.